The van der Waals surface area contributed by atoms with Crippen molar-refractivity contribution in [2.45, 2.75) is 11.6 Å². The van der Waals surface area contributed by atoms with Crippen molar-refractivity contribution in [3.05, 3.63) is 60.0 Å². The smallest absolute Gasteiger partial charge is 0.254 e. The van der Waals surface area contributed by atoms with Crippen LogP contribution in [-0.4, -0.2) is 31.3 Å². The van der Waals surface area contributed by atoms with E-state index in [0.717, 1.165) is 11.1 Å². The Morgan fingerprint density at radius 2 is 1.88 bits per heavy atom. The van der Waals surface area contributed by atoms with Gasteiger partial charge >= 0.3 is 0 Å². The molecule has 3 aromatic rings. The van der Waals surface area contributed by atoms with Crippen LogP contribution in [0.4, 0.5) is 3.89 Å². The summed E-state index contributed by atoms with van der Waals surface area (Å²) >= 11 is -0.0527. The first kappa shape index (κ1) is 15.9. The number of aromatic nitrogens is 5. The maximum atomic E-state index is 12.8. The van der Waals surface area contributed by atoms with Crippen molar-refractivity contribution in [3.8, 4) is 11.4 Å². The number of nitrogens with one attached hydrogen (secondary N) is 1. The molecule has 0 aliphatic carbocycles. The Morgan fingerprint density at radius 1 is 1.12 bits per heavy atom. The normalized spacial score (nSPS) is 10.4. The highest BCUT2D eigenvalue weighted by Crippen LogP contribution is 2.20. The van der Waals surface area contributed by atoms with Crippen LogP contribution in [0.2, 0.25) is 0 Å². The molecule has 1 aromatic carbocycles. The van der Waals surface area contributed by atoms with Crippen molar-refractivity contribution in [1.29, 1.82) is 0 Å². The maximum absolute atomic E-state index is 12.8. The molecule has 3 rings (SSSR count). The van der Waals surface area contributed by atoms with Gasteiger partial charge in [-0.15, -0.1) is 20.4 Å². The number of hydrogen-bond donors (Lipinski definition) is 1. The van der Waals surface area contributed by atoms with Gasteiger partial charge in [-0.1, -0.05) is 24.3 Å². The summed E-state index contributed by atoms with van der Waals surface area (Å²) in [6, 6.07) is 10.4. The second-order valence-corrected chi connectivity index (χ2v) is 5.22. The Morgan fingerprint density at radius 3 is 2.58 bits per heavy atom. The van der Waals surface area contributed by atoms with Crippen LogP contribution in [0.3, 0.4) is 0 Å². The van der Waals surface area contributed by atoms with E-state index in [1.807, 2.05) is 24.3 Å². The quantitative estimate of drug-likeness (QED) is 0.760. The molecule has 0 aliphatic rings. The number of hydrogen-bond acceptors (Lipinski definition) is 7. The molecule has 2 heterocycles. The van der Waals surface area contributed by atoms with Gasteiger partial charge in [0, 0.05) is 18.3 Å². The first-order valence-electron chi connectivity index (χ1n) is 6.89. The first-order chi connectivity index (χ1) is 11.8. The molecular formula is C15H11FN6OS. The van der Waals surface area contributed by atoms with Gasteiger partial charge < -0.3 is 5.32 Å². The van der Waals surface area contributed by atoms with E-state index in [2.05, 4.69) is 30.7 Å². The van der Waals surface area contributed by atoms with E-state index in [0.29, 0.717) is 12.4 Å². The van der Waals surface area contributed by atoms with Crippen LogP contribution < -0.4 is 5.32 Å². The van der Waals surface area contributed by atoms with Crippen LogP contribution in [0.25, 0.3) is 11.4 Å². The minimum Gasteiger partial charge on any atom is -0.348 e. The molecule has 0 unspecified atom stereocenters. The topological polar surface area (TPSA) is 93.6 Å². The van der Waals surface area contributed by atoms with Crippen molar-refractivity contribution in [1.82, 2.24) is 30.7 Å². The third-order valence-electron chi connectivity index (χ3n) is 3.16. The summed E-state index contributed by atoms with van der Waals surface area (Å²) < 4.78 is 12.8. The van der Waals surface area contributed by atoms with Crippen molar-refractivity contribution < 1.29 is 8.68 Å². The molecule has 0 aliphatic heterocycles. The molecule has 2 aromatic heterocycles. The van der Waals surface area contributed by atoms with Crippen LogP contribution in [0.1, 0.15) is 15.9 Å². The SMILES string of the molecule is O=C(NCc1ccc(-c2nncnn2)cc1)c1cccnc1SF. The van der Waals surface area contributed by atoms with Gasteiger partial charge in [0.05, 0.1) is 5.56 Å². The largest absolute Gasteiger partial charge is 0.348 e. The highest BCUT2D eigenvalue weighted by Gasteiger charge is 2.12. The summed E-state index contributed by atoms with van der Waals surface area (Å²) in [6.07, 6.45) is 2.70. The van der Waals surface area contributed by atoms with E-state index in [9.17, 15) is 8.68 Å². The molecule has 0 radical (unpaired) electrons. The number of rotatable bonds is 5. The van der Waals surface area contributed by atoms with E-state index < -0.39 is 0 Å². The summed E-state index contributed by atoms with van der Waals surface area (Å²) in [6.45, 7) is 0.302. The van der Waals surface area contributed by atoms with Gasteiger partial charge in [-0.25, -0.2) is 4.98 Å². The van der Waals surface area contributed by atoms with Gasteiger partial charge in [-0.3, -0.25) is 4.79 Å². The third kappa shape index (κ3) is 3.69. The number of pyridine rings is 1. The van der Waals surface area contributed by atoms with Crippen LogP contribution in [-0.2, 0) is 6.54 Å². The van der Waals surface area contributed by atoms with Gasteiger partial charge in [0.15, 0.2) is 6.33 Å². The second kappa shape index (κ2) is 7.55. The fraction of sp³-hybridized carbons (Fsp3) is 0.0667. The Kier molecular flexibility index (Phi) is 5.02. The van der Waals surface area contributed by atoms with Gasteiger partial charge in [-0.05, 0) is 17.7 Å². The summed E-state index contributed by atoms with van der Waals surface area (Å²) in [5.41, 5.74) is 1.85. The second-order valence-electron chi connectivity index (χ2n) is 4.68. The monoisotopic (exact) mass is 342 g/mol. The molecule has 24 heavy (non-hydrogen) atoms. The minimum atomic E-state index is -0.382. The molecule has 0 spiro atoms. The van der Waals surface area contributed by atoms with Crippen LogP contribution >= 0.6 is 12.1 Å². The number of nitrogens with zero attached hydrogens (tertiary/aromatic N) is 5. The van der Waals surface area contributed by atoms with Gasteiger partial charge in [0.1, 0.15) is 17.2 Å². The predicted molar refractivity (Wildman–Crippen MR) is 85.4 cm³/mol. The molecule has 9 heteroatoms. The summed E-state index contributed by atoms with van der Waals surface area (Å²) in [5.74, 6) is 0.0418. The van der Waals surface area contributed by atoms with Gasteiger partial charge in [0.25, 0.3) is 5.91 Å². The molecule has 0 saturated heterocycles. The van der Waals surface area contributed by atoms with Gasteiger partial charge in [-0.2, -0.15) is 3.89 Å². The standard InChI is InChI=1S/C15H11FN6OS/c16-24-15-12(2-1-7-17-15)14(23)18-8-10-3-5-11(6-4-10)13-21-19-9-20-22-13/h1-7,9H,8H2,(H,18,23). The van der Waals surface area contributed by atoms with E-state index in [1.165, 1.54) is 18.6 Å². The number of amides is 1. The predicted octanol–water partition coefficient (Wildman–Crippen LogP) is 2.24. The third-order valence-corrected chi connectivity index (χ3v) is 3.63. The van der Waals surface area contributed by atoms with Crippen LogP contribution in [0.5, 0.6) is 0 Å². The van der Waals surface area contributed by atoms with Crippen molar-refractivity contribution in [2.24, 2.45) is 0 Å². The van der Waals surface area contributed by atoms with Gasteiger partial charge in [0.2, 0.25) is 5.82 Å². The van der Waals surface area contributed by atoms with Crippen LogP contribution in [0.15, 0.2) is 53.9 Å². The Labute approximate surface area is 141 Å². The van der Waals surface area contributed by atoms with E-state index in [-0.39, 0.29) is 28.6 Å². The average Bonchev–Trinajstić information content (AvgIpc) is 2.67. The molecule has 120 valence electrons. The zero-order valence-electron chi connectivity index (χ0n) is 12.3. The van der Waals surface area contributed by atoms with Crippen molar-refractivity contribution in [2.75, 3.05) is 0 Å². The first-order valence-corrected chi connectivity index (χ1v) is 7.61. The molecule has 0 bridgehead atoms. The highest BCUT2D eigenvalue weighted by atomic mass is 32.2. The van der Waals surface area contributed by atoms with Crippen LogP contribution in [0, 0.1) is 0 Å². The Balaban J connectivity index is 1.66. The minimum absolute atomic E-state index is 0.0478. The number of halogens is 1. The lowest BCUT2D eigenvalue weighted by Gasteiger charge is -2.07. The molecule has 7 nitrogen and oxygen atoms in total. The maximum Gasteiger partial charge on any atom is 0.254 e. The van der Waals surface area contributed by atoms with Crippen molar-refractivity contribution >= 4 is 18.1 Å². The molecule has 0 fully saturated rings. The zero-order chi connectivity index (χ0) is 16.8. The Bertz CT molecular complexity index is 831. The lowest BCUT2D eigenvalue weighted by atomic mass is 10.1. The van der Waals surface area contributed by atoms with E-state index in [1.54, 1.807) is 6.07 Å². The molecule has 1 N–H and O–H groups in total. The van der Waals surface area contributed by atoms with Crippen molar-refractivity contribution in [3.63, 3.8) is 0 Å². The lowest BCUT2D eigenvalue weighted by molar-refractivity contribution is 0.0947. The molecular weight excluding hydrogens is 331 g/mol. The zero-order valence-corrected chi connectivity index (χ0v) is 13.1. The highest BCUT2D eigenvalue weighted by molar-refractivity contribution is 7.94. The summed E-state index contributed by atoms with van der Waals surface area (Å²) in [5, 5.41) is 17.9. The number of carbonyl (C=O) groups is 1. The van der Waals surface area contributed by atoms with E-state index in [4.69, 9.17) is 0 Å². The Hall–Kier alpha value is -2.94. The number of benzene rings is 1. The fourth-order valence-electron chi connectivity index (χ4n) is 1.99. The number of carbonyl (C=O) groups excluding carboxylic acids is 1. The summed E-state index contributed by atoms with van der Waals surface area (Å²) in [7, 11) is 0. The molecule has 0 atom stereocenters. The molecule has 0 saturated carbocycles. The average molecular weight is 342 g/mol. The van der Waals surface area contributed by atoms with E-state index >= 15 is 0 Å². The molecule has 1 amide bonds. The fourth-order valence-corrected chi connectivity index (χ4v) is 2.34. The summed E-state index contributed by atoms with van der Waals surface area (Å²) in [4.78, 5) is 15.9. The lowest BCUT2D eigenvalue weighted by Crippen LogP contribution is -2.23.